The maximum absolute atomic E-state index is 10.3. The van der Waals surface area contributed by atoms with Gasteiger partial charge in [0, 0.05) is 12.2 Å². The first-order valence-electron chi connectivity index (χ1n) is 10.3. The SMILES string of the molecule is CCCCCCCCC=CCCCCCCCC(=O)O.OCC(O)CS. The second-order valence-corrected chi connectivity index (χ2v) is 7.11. The number of carboxylic acid groups (broad SMARTS) is 1. The minimum absolute atomic E-state index is 0.191. The van der Waals surface area contributed by atoms with Gasteiger partial charge in [-0.3, -0.25) is 4.79 Å². The van der Waals surface area contributed by atoms with Gasteiger partial charge in [0.15, 0.2) is 0 Å². The van der Waals surface area contributed by atoms with E-state index in [1.807, 2.05) is 0 Å². The van der Waals surface area contributed by atoms with Gasteiger partial charge in [-0.05, 0) is 32.1 Å². The third-order valence-electron chi connectivity index (χ3n) is 4.07. The van der Waals surface area contributed by atoms with E-state index < -0.39 is 12.1 Å². The van der Waals surface area contributed by atoms with Crippen LogP contribution in [0.3, 0.4) is 0 Å². The highest BCUT2D eigenvalue weighted by atomic mass is 32.1. The van der Waals surface area contributed by atoms with Crippen LogP contribution in [0, 0.1) is 0 Å². The standard InChI is InChI=1S/C18H34O2.C3H8O2S/c1-2-3-4-5-6-7-8-9-10-11-12-13-14-15-16-17-18(19)20;4-1-3(5)2-6/h9-10H,2-8,11-17H2,1H3,(H,19,20);3-6H,1-2H2. The van der Waals surface area contributed by atoms with Gasteiger partial charge in [-0.1, -0.05) is 70.4 Å². The van der Waals surface area contributed by atoms with Crippen molar-refractivity contribution in [1.29, 1.82) is 0 Å². The van der Waals surface area contributed by atoms with E-state index in [0.29, 0.717) is 12.2 Å². The number of carbonyl (C=O) groups is 1. The number of aliphatic carboxylic acids is 1. The number of unbranched alkanes of at least 4 members (excludes halogenated alkanes) is 11. The van der Waals surface area contributed by atoms with Gasteiger partial charge in [-0.25, -0.2) is 0 Å². The van der Waals surface area contributed by atoms with Crippen LogP contribution in [0.1, 0.15) is 96.8 Å². The quantitative estimate of drug-likeness (QED) is 0.153. The van der Waals surface area contributed by atoms with Crippen LogP contribution in [-0.4, -0.2) is 39.8 Å². The molecule has 1 unspecified atom stereocenters. The Labute approximate surface area is 166 Å². The molecule has 0 fully saturated rings. The lowest BCUT2D eigenvalue weighted by molar-refractivity contribution is -0.137. The number of thiol groups is 1. The molecule has 0 spiro atoms. The average Bonchev–Trinajstić information content (AvgIpc) is 2.64. The Kier molecular flexibility index (Phi) is 26.1. The van der Waals surface area contributed by atoms with E-state index in [1.54, 1.807) is 0 Å². The fourth-order valence-electron chi connectivity index (χ4n) is 2.40. The zero-order valence-corrected chi connectivity index (χ0v) is 17.6. The second kappa shape index (κ2) is 24.5. The molecule has 0 aromatic heterocycles. The van der Waals surface area contributed by atoms with Crippen LogP contribution in [-0.2, 0) is 4.79 Å². The van der Waals surface area contributed by atoms with Gasteiger partial charge < -0.3 is 15.3 Å². The van der Waals surface area contributed by atoms with Crippen LogP contribution >= 0.6 is 12.6 Å². The lowest BCUT2D eigenvalue weighted by Gasteiger charge is -1.99. The van der Waals surface area contributed by atoms with Crippen LogP contribution in [0.2, 0.25) is 0 Å². The van der Waals surface area contributed by atoms with E-state index in [-0.39, 0.29) is 6.61 Å². The minimum atomic E-state index is -0.664. The van der Waals surface area contributed by atoms with Gasteiger partial charge in [0.2, 0.25) is 0 Å². The molecule has 0 saturated heterocycles. The normalized spacial score (nSPS) is 12.0. The first-order valence-corrected chi connectivity index (χ1v) is 11.0. The molecular formula is C21H42O4S. The smallest absolute Gasteiger partial charge is 0.303 e. The molecule has 0 aliphatic carbocycles. The molecule has 3 N–H and O–H groups in total. The molecule has 0 aromatic carbocycles. The van der Waals surface area contributed by atoms with Crippen molar-refractivity contribution in [2.45, 2.75) is 103 Å². The van der Waals surface area contributed by atoms with Crippen LogP contribution in [0.5, 0.6) is 0 Å². The van der Waals surface area contributed by atoms with Crippen molar-refractivity contribution >= 4 is 18.6 Å². The van der Waals surface area contributed by atoms with Crippen molar-refractivity contribution in [2.75, 3.05) is 12.4 Å². The molecule has 1 atom stereocenters. The van der Waals surface area contributed by atoms with E-state index in [2.05, 4.69) is 31.7 Å². The molecule has 0 rings (SSSR count). The molecule has 0 bridgehead atoms. The largest absolute Gasteiger partial charge is 0.481 e. The third-order valence-corrected chi connectivity index (χ3v) is 4.50. The first-order chi connectivity index (χ1) is 12.6. The summed E-state index contributed by atoms with van der Waals surface area (Å²) in [4.78, 5) is 10.3. The minimum Gasteiger partial charge on any atom is -0.481 e. The molecule has 156 valence electrons. The summed E-state index contributed by atoms with van der Waals surface area (Å²) >= 11 is 3.69. The fourth-order valence-corrected chi connectivity index (χ4v) is 2.52. The Morgan fingerprint density at radius 2 is 1.35 bits per heavy atom. The number of hydrogen-bond donors (Lipinski definition) is 4. The van der Waals surface area contributed by atoms with Crippen molar-refractivity contribution in [3.8, 4) is 0 Å². The maximum atomic E-state index is 10.3. The summed E-state index contributed by atoms with van der Waals surface area (Å²) in [6.45, 7) is 2.07. The molecule has 0 radical (unpaired) electrons. The van der Waals surface area contributed by atoms with Crippen LogP contribution < -0.4 is 0 Å². The summed E-state index contributed by atoms with van der Waals surface area (Å²) < 4.78 is 0. The Morgan fingerprint density at radius 3 is 1.73 bits per heavy atom. The highest BCUT2D eigenvalue weighted by molar-refractivity contribution is 7.80. The zero-order chi connectivity index (χ0) is 19.9. The Morgan fingerprint density at radius 1 is 0.885 bits per heavy atom. The molecule has 0 aromatic rings. The lowest BCUT2D eigenvalue weighted by atomic mass is 10.1. The van der Waals surface area contributed by atoms with Gasteiger partial charge in [-0.15, -0.1) is 0 Å². The van der Waals surface area contributed by atoms with Crippen molar-refractivity contribution in [3.05, 3.63) is 12.2 Å². The van der Waals surface area contributed by atoms with Crippen LogP contribution in [0.25, 0.3) is 0 Å². The maximum Gasteiger partial charge on any atom is 0.303 e. The topological polar surface area (TPSA) is 77.8 Å². The summed E-state index contributed by atoms with van der Waals surface area (Å²) in [6.07, 6.45) is 20.6. The monoisotopic (exact) mass is 390 g/mol. The molecule has 0 aliphatic rings. The molecule has 0 heterocycles. The van der Waals surface area contributed by atoms with E-state index in [9.17, 15) is 4.79 Å². The van der Waals surface area contributed by atoms with Crippen molar-refractivity contribution in [2.24, 2.45) is 0 Å². The zero-order valence-electron chi connectivity index (χ0n) is 16.7. The second-order valence-electron chi connectivity index (χ2n) is 6.75. The van der Waals surface area contributed by atoms with Gasteiger partial charge in [0.1, 0.15) is 0 Å². The van der Waals surface area contributed by atoms with E-state index >= 15 is 0 Å². The Hall–Kier alpha value is -0.520. The number of hydrogen-bond acceptors (Lipinski definition) is 4. The Bertz CT molecular complexity index is 304. The number of aliphatic hydroxyl groups excluding tert-OH is 2. The van der Waals surface area contributed by atoms with Gasteiger partial charge in [0.05, 0.1) is 12.7 Å². The van der Waals surface area contributed by atoms with Gasteiger partial charge in [-0.2, -0.15) is 12.6 Å². The molecule has 0 aliphatic heterocycles. The summed E-state index contributed by atoms with van der Waals surface area (Å²) in [6, 6.07) is 0. The van der Waals surface area contributed by atoms with Crippen molar-refractivity contribution in [1.82, 2.24) is 0 Å². The Balaban J connectivity index is 0. The number of rotatable bonds is 17. The van der Waals surface area contributed by atoms with Crippen molar-refractivity contribution < 1.29 is 20.1 Å². The van der Waals surface area contributed by atoms with Gasteiger partial charge in [0.25, 0.3) is 0 Å². The predicted molar refractivity (Wildman–Crippen MR) is 114 cm³/mol. The molecule has 0 amide bonds. The summed E-state index contributed by atoms with van der Waals surface area (Å²) in [5, 5.41) is 24.9. The molecular weight excluding hydrogens is 348 g/mol. The number of aliphatic hydroxyl groups is 2. The predicted octanol–water partition coefficient (Wildman–Crippen LogP) is 5.38. The van der Waals surface area contributed by atoms with Crippen molar-refractivity contribution in [3.63, 3.8) is 0 Å². The molecule has 5 heteroatoms. The number of carboxylic acids is 1. The molecule has 4 nitrogen and oxygen atoms in total. The summed E-state index contributed by atoms with van der Waals surface area (Å²) in [5.74, 6) is -0.334. The molecule has 0 saturated carbocycles. The van der Waals surface area contributed by atoms with Crippen LogP contribution in [0.4, 0.5) is 0 Å². The fraction of sp³-hybridized carbons (Fsp3) is 0.857. The molecule has 26 heavy (non-hydrogen) atoms. The highest BCUT2D eigenvalue weighted by Crippen LogP contribution is 2.09. The van der Waals surface area contributed by atoms with Crippen LogP contribution in [0.15, 0.2) is 12.2 Å². The average molecular weight is 391 g/mol. The number of allylic oxidation sites excluding steroid dienone is 2. The van der Waals surface area contributed by atoms with E-state index in [4.69, 9.17) is 15.3 Å². The summed E-state index contributed by atoms with van der Waals surface area (Å²) in [5.41, 5.74) is 0. The third kappa shape index (κ3) is 28.3. The first kappa shape index (κ1) is 27.7. The summed E-state index contributed by atoms with van der Waals surface area (Å²) in [7, 11) is 0. The van der Waals surface area contributed by atoms with E-state index in [0.717, 1.165) is 12.8 Å². The lowest BCUT2D eigenvalue weighted by Crippen LogP contribution is -2.12. The van der Waals surface area contributed by atoms with Gasteiger partial charge >= 0.3 is 5.97 Å². The van der Waals surface area contributed by atoms with E-state index in [1.165, 1.54) is 70.6 Å². The highest BCUT2D eigenvalue weighted by Gasteiger charge is 1.96.